The van der Waals surface area contributed by atoms with Gasteiger partial charge in [0.05, 0.1) is 0 Å². The third kappa shape index (κ3) is 5.60. The van der Waals surface area contributed by atoms with E-state index in [2.05, 4.69) is 0 Å². The molecule has 0 aliphatic rings. The lowest BCUT2D eigenvalue weighted by Gasteiger charge is -2.30. The van der Waals surface area contributed by atoms with E-state index in [1.54, 1.807) is 11.0 Å². The van der Waals surface area contributed by atoms with Crippen LogP contribution in [0.2, 0.25) is 5.02 Å². The molecule has 0 spiro atoms. The van der Waals surface area contributed by atoms with E-state index in [0.29, 0.717) is 18.1 Å². The van der Waals surface area contributed by atoms with Gasteiger partial charge in [-0.2, -0.15) is 0 Å². The summed E-state index contributed by atoms with van der Waals surface area (Å²) in [6.07, 6.45) is 0. The predicted octanol–water partition coefficient (Wildman–Crippen LogP) is 4.13. The first-order valence-electron chi connectivity index (χ1n) is 8.70. The molecule has 0 aromatic heterocycles. The largest absolute Gasteiger partial charge is 0.334 e. The molecule has 0 atom stereocenters. The maximum atomic E-state index is 12.9. The fourth-order valence-corrected chi connectivity index (χ4v) is 2.90. The Kier molecular flexibility index (Phi) is 7.22. The van der Waals surface area contributed by atoms with Gasteiger partial charge in [0.2, 0.25) is 11.8 Å². The Bertz CT molecular complexity index is 747. The summed E-state index contributed by atoms with van der Waals surface area (Å²) in [5.74, 6) is -0.229. The molecule has 26 heavy (non-hydrogen) atoms. The molecule has 2 aromatic carbocycles. The van der Waals surface area contributed by atoms with Crippen molar-refractivity contribution in [1.29, 1.82) is 0 Å². The third-order valence-electron chi connectivity index (χ3n) is 4.23. The Morgan fingerprint density at radius 3 is 2.15 bits per heavy atom. The van der Waals surface area contributed by atoms with Gasteiger partial charge in [-0.25, -0.2) is 0 Å². The summed E-state index contributed by atoms with van der Waals surface area (Å²) in [6, 6.07) is 17.3. The van der Waals surface area contributed by atoms with Crippen molar-refractivity contribution in [2.75, 3.05) is 6.54 Å². The van der Waals surface area contributed by atoms with Crippen LogP contribution >= 0.6 is 11.6 Å². The number of hydrogen-bond donors (Lipinski definition) is 0. The number of benzene rings is 2. The summed E-state index contributed by atoms with van der Waals surface area (Å²) in [7, 11) is 0. The van der Waals surface area contributed by atoms with E-state index in [1.807, 2.05) is 62.4 Å². The molecule has 2 aromatic rings. The number of hydrogen-bond acceptors (Lipinski definition) is 2. The van der Waals surface area contributed by atoms with Crippen LogP contribution in [0.1, 0.15) is 31.9 Å². The van der Waals surface area contributed by atoms with Gasteiger partial charge >= 0.3 is 0 Å². The zero-order valence-corrected chi connectivity index (χ0v) is 16.2. The SMILES string of the molecule is CC(=O)N(CC(=O)N(Cc1ccccc1)C(C)C)Cc1ccccc1Cl. The van der Waals surface area contributed by atoms with Crippen molar-refractivity contribution in [3.8, 4) is 0 Å². The van der Waals surface area contributed by atoms with Crippen LogP contribution in [0.25, 0.3) is 0 Å². The molecule has 0 bridgehead atoms. The number of nitrogens with zero attached hydrogens (tertiary/aromatic N) is 2. The average molecular weight is 373 g/mol. The van der Waals surface area contributed by atoms with Crippen LogP contribution in [-0.4, -0.2) is 34.2 Å². The lowest BCUT2D eigenvalue weighted by Crippen LogP contribution is -2.44. The molecular weight excluding hydrogens is 348 g/mol. The molecule has 0 unspecified atom stereocenters. The molecule has 4 nitrogen and oxygen atoms in total. The first kappa shape index (κ1) is 20.0. The average Bonchev–Trinajstić information content (AvgIpc) is 2.61. The van der Waals surface area contributed by atoms with Crippen LogP contribution in [0.3, 0.4) is 0 Å². The Labute approximate surface area is 160 Å². The van der Waals surface area contributed by atoms with Crippen LogP contribution in [0, 0.1) is 0 Å². The van der Waals surface area contributed by atoms with Gasteiger partial charge in [-0.15, -0.1) is 0 Å². The third-order valence-corrected chi connectivity index (χ3v) is 4.60. The Morgan fingerprint density at radius 2 is 1.58 bits per heavy atom. The van der Waals surface area contributed by atoms with Crippen molar-refractivity contribution in [3.05, 3.63) is 70.7 Å². The van der Waals surface area contributed by atoms with Gasteiger partial charge in [0, 0.05) is 31.1 Å². The lowest BCUT2D eigenvalue weighted by molar-refractivity contribution is -0.141. The first-order valence-corrected chi connectivity index (χ1v) is 9.08. The number of rotatable bonds is 7. The molecular formula is C21H25ClN2O2. The zero-order valence-electron chi connectivity index (χ0n) is 15.5. The molecule has 0 aliphatic carbocycles. The maximum Gasteiger partial charge on any atom is 0.242 e. The number of carbonyl (C=O) groups excluding carboxylic acids is 2. The van der Waals surface area contributed by atoms with Crippen LogP contribution in [-0.2, 0) is 22.7 Å². The van der Waals surface area contributed by atoms with E-state index in [9.17, 15) is 9.59 Å². The Balaban J connectivity index is 2.11. The van der Waals surface area contributed by atoms with E-state index in [4.69, 9.17) is 11.6 Å². The minimum absolute atomic E-state index is 0.0333. The Morgan fingerprint density at radius 1 is 0.962 bits per heavy atom. The number of halogens is 1. The van der Waals surface area contributed by atoms with Crippen molar-refractivity contribution in [2.45, 2.75) is 39.9 Å². The van der Waals surface area contributed by atoms with Gasteiger partial charge in [0.15, 0.2) is 0 Å². The van der Waals surface area contributed by atoms with Crippen molar-refractivity contribution in [3.63, 3.8) is 0 Å². The second-order valence-corrected chi connectivity index (χ2v) is 6.97. The quantitative estimate of drug-likeness (QED) is 0.733. The van der Waals surface area contributed by atoms with Crippen LogP contribution < -0.4 is 0 Å². The summed E-state index contributed by atoms with van der Waals surface area (Å²) < 4.78 is 0. The van der Waals surface area contributed by atoms with Crippen LogP contribution in [0.5, 0.6) is 0 Å². The van der Waals surface area contributed by atoms with Gasteiger partial charge in [0.1, 0.15) is 6.54 Å². The highest BCUT2D eigenvalue weighted by molar-refractivity contribution is 6.31. The molecule has 2 amide bonds. The molecule has 0 saturated heterocycles. The van der Waals surface area contributed by atoms with Crippen molar-refractivity contribution in [1.82, 2.24) is 9.80 Å². The van der Waals surface area contributed by atoms with Crippen LogP contribution in [0.4, 0.5) is 0 Å². The topological polar surface area (TPSA) is 40.6 Å². The lowest BCUT2D eigenvalue weighted by atomic mass is 10.1. The summed E-state index contributed by atoms with van der Waals surface area (Å²) in [6.45, 7) is 6.31. The van der Waals surface area contributed by atoms with Crippen molar-refractivity contribution < 1.29 is 9.59 Å². The first-order chi connectivity index (χ1) is 12.4. The molecule has 138 valence electrons. The summed E-state index contributed by atoms with van der Waals surface area (Å²) >= 11 is 6.20. The summed E-state index contributed by atoms with van der Waals surface area (Å²) in [5, 5.41) is 0.594. The monoisotopic (exact) mass is 372 g/mol. The standard InChI is InChI=1S/C21H25ClN2O2/c1-16(2)24(13-18-9-5-4-6-10-18)21(26)15-23(17(3)25)14-19-11-7-8-12-20(19)22/h4-12,16H,13-15H2,1-3H3. The van der Waals surface area contributed by atoms with Gasteiger partial charge < -0.3 is 9.80 Å². The number of carbonyl (C=O) groups is 2. The van der Waals surface area contributed by atoms with Crippen LogP contribution in [0.15, 0.2) is 54.6 Å². The van der Waals surface area contributed by atoms with E-state index in [1.165, 1.54) is 11.8 Å². The van der Waals surface area contributed by atoms with Crippen molar-refractivity contribution >= 4 is 23.4 Å². The fraction of sp³-hybridized carbons (Fsp3) is 0.333. The summed E-state index contributed by atoms with van der Waals surface area (Å²) in [5.41, 5.74) is 1.89. The van der Waals surface area contributed by atoms with Gasteiger partial charge in [0.25, 0.3) is 0 Å². The maximum absolute atomic E-state index is 12.9. The molecule has 0 fully saturated rings. The Hall–Kier alpha value is -2.33. The fourth-order valence-electron chi connectivity index (χ4n) is 2.70. The minimum Gasteiger partial charge on any atom is -0.334 e. The van der Waals surface area contributed by atoms with Gasteiger partial charge in [-0.3, -0.25) is 9.59 Å². The highest BCUT2D eigenvalue weighted by Crippen LogP contribution is 2.18. The highest BCUT2D eigenvalue weighted by Gasteiger charge is 2.22. The molecule has 0 N–H and O–H groups in total. The number of amides is 2. The highest BCUT2D eigenvalue weighted by atomic mass is 35.5. The van der Waals surface area contributed by atoms with Gasteiger partial charge in [-0.1, -0.05) is 60.1 Å². The molecule has 0 saturated carbocycles. The molecule has 0 heterocycles. The van der Waals surface area contributed by atoms with E-state index in [-0.39, 0.29) is 24.4 Å². The molecule has 0 radical (unpaired) electrons. The molecule has 5 heteroatoms. The minimum atomic E-state index is -0.151. The van der Waals surface area contributed by atoms with E-state index in [0.717, 1.165) is 11.1 Å². The predicted molar refractivity (Wildman–Crippen MR) is 105 cm³/mol. The molecule has 2 rings (SSSR count). The van der Waals surface area contributed by atoms with E-state index < -0.39 is 0 Å². The molecule has 0 aliphatic heterocycles. The smallest absolute Gasteiger partial charge is 0.242 e. The van der Waals surface area contributed by atoms with E-state index >= 15 is 0 Å². The second-order valence-electron chi connectivity index (χ2n) is 6.57. The zero-order chi connectivity index (χ0) is 19.1. The van der Waals surface area contributed by atoms with Crippen molar-refractivity contribution in [2.24, 2.45) is 0 Å². The van der Waals surface area contributed by atoms with Gasteiger partial charge in [-0.05, 0) is 31.0 Å². The summed E-state index contributed by atoms with van der Waals surface area (Å²) in [4.78, 5) is 28.3. The normalized spacial score (nSPS) is 10.7. The second kappa shape index (κ2) is 9.39.